The van der Waals surface area contributed by atoms with Gasteiger partial charge in [0.05, 0.1) is 42.0 Å². The second-order valence-electron chi connectivity index (χ2n) is 7.04. The maximum atomic E-state index is 12.8. The molecule has 1 saturated heterocycles. The first-order valence-corrected chi connectivity index (χ1v) is 9.05. The van der Waals surface area contributed by atoms with Crippen LogP contribution < -0.4 is 11.0 Å². The first kappa shape index (κ1) is 18.5. The van der Waals surface area contributed by atoms with E-state index in [1.165, 1.54) is 6.20 Å². The van der Waals surface area contributed by atoms with Gasteiger partial charge in [-0.2, -0.15) is 5.26 Å². The van der Waals surface area contributed by atoms with Gasteiger partial charge in [-0.05, 0) is 24.3 Å². The van der Waals surface area contributed by atoms with Gasteiger partial charge in [-0.1, -0.05) is 11.6 Å². The molecule has 0 amide bonds. The van der Waals surface area contributed by atoms with Crippen LogP contribution in [0.3, 0.4) is 0 Å². The number of aryl methyl sites for hydroxylation is 1. The molecule has 3 heterocycles. The summed E-state index contributed by atoms with van der Waals surface area (Å²) in [5, 5.41) is 22.4. The van der Waals surface area contributed by atoms with E-state index in [0.717, 1.165) is 11.0 Å². The van der Waals surface area contributed by atoms with Crippen molar-refractivity contribution in [2.24, 2.45) is 12.5 Å². The molecular weight excluding hydrogens is 382 g/mol. The lowest BCUT2D eigenvalue weighted by atomic mass is 9.87. The number of hydrogen-bond acceptors (Lipinski definition) is 6. The zero-order valence-corrected chi connectivity index (χ0v) is 15.9. The number of aromatic nitrogens is 3. The minimum absolute atomic E-state index is 0.0468. The number of aliphatic hydroxyl groups is 1. The minimum Gasteiger partial charge on any atom is -0.396 e. The molecule has 1 fully saturated rings. The number of pyridine rings is 1. The highest BCUT2D eigenvalue weighted by Gasteiger charge is 2.39. The predicted molar refractivity (Wildman–Crippen MR) is 105 cm³/mol. The highest BCUT2D eigenvalue weighted by Crippen LogP contribution is 2.31. The molecule has 8 nitrogen and oxygen atoms in total. The Balaban J connectivity index is 1.77. The molecule has 28 heavy (non-hydrogen) atoms. The summed E-state index contributed by atoms with van der Waals surface area (Å²) in [6.07, 6.45) is 1.52. The predicted octanol–water partition coefficient (Wildman–Crippen LogP) is 2.01. The van der Waals surface area contributed by atoms with Gasteiger partial charge in [0.2, 0.25) is 0 Å². The number of nitrogens with zero attached hydrogens (tertiary/aromatic N) is 4. The number of imidazole rings is 1. The van der Waals surface area contributed by atoms with Crippen LogP contribution in [0.25, 0.3) is 11.0 Å². The highest BCUT2D eigenvalue weighted by atomic mass is 35.5. The van der Waals surface area contributed by atoms with Crippen molar-refractivity contribution < 1.29 is 9.84 Å². The third kappa shape index (κ3) is 2.94. The van der Waals surface area contributed by atoms with Crippen LogP contribution in [0.4, 0.5) is 11.4 Å². The Morgan fingerprint density at radius 1 is 1.39 bits per heavy atom. The Labute approximate surface area is 165 Å². The number of hydrogen-bond donors (Lipinski definition) is 2. The van der Waals surface area contributed by atoms with Crippen molar-refractivity contribution in [2.75, 3.05) is 25.1 Å². The van der Waals surface area contributed by atoms with E-state index in [2.05, 4.69) is 10.3 Å². The fraction of sp³-hybridized carbons (Fsp3) is 0.316. The molecule has 1 aliphatic heterocycles. The van der Waals surface area contributed by atoms with Gasteiger partial charge in [-0.3, -0.25) is 9.13 Å². The van der Waals surface area contributed by atoms with Crippen molar-refractivity contribution in [3.8, 4) is 6.07 Å². The first-order valence-electron chi connectivity index (χ1n) is 8.67. The summed E-state index contributed by atoms with van der Waals surface area (Å²) in [4.78, 5) is 16.7. The molecule has 2 N–H and O–H groups in total. The van der Waals surface area contributed by atoms with E-state index in [1.807, 2.05) is 24.3 Å². The molecule has 1 aliphatic rings. The lowest BCUT2D eigenvalue weighted by Crippen LogP contribution is -2.50. The molecule has 0 saturated carbocycles. The molecule has 9 heteroatoms. The number of nitriles is 1. The van der Waals surface area contributed by atoms with Gasteiger partial charge in [0.15, 0.2) is 0 Å². The zero-order valence-electron chi connectivity index (χ0n) is 15.1. The zero-order chi connectivity index (χ0) is 19.9. The fourth-order valence-corrected chi connectivity index (χ4v) is 3.60. The SMILES string of the molecule is Cn1c(=O)n(CC2(CO)COC2)c2cc(Nc3ccnc(Cl)c3C#N)ccc21. The van der Waals surface area contributed by atoms with Gasteiger partial charge in [0, 0.05) is 25.5 Å². The molecule has 0 radical (unpaired) electrons. The number of rotatable bonds is 5. The van der Waals surface area contributed by atoms with Crippen molar-refractivity contribution in [2.45, 2.75) is 6.54 Å². The molecule has 3 aromatic rings. The Bertz CT molecular complexity index is 1150. The van der Waals surface area contributed by atoms with Crippen molar-refractivity contribution in [1.29, 1.82) is 5.26 Å². The molecule has 4 rings (SSSR count). The monoisotopic (exact) mass is 399 g/mol. The van der Waals surface area contributed by atoms with Gasteiger partial charge in [-0.25, -0.2) is 9.78 Å². The van der Waals surface area contributed by atoms with Crippen molar-refractivity contribution in [3.63, 3.8) is 0 Å². The number of fused-ring (bicyclic) bond motifs is 1. The Morgan fingerprint density at radius 3 is 2.82 bits per heavy atom. The Morgan fingerprint density at radius 2 is 2.18 bits per heavy atom. The van der Waals surface area contributed by atoms with E-state index < -0.39 is 5.41 Å². The first-order chi connectivity index (χ1) is 13.5. The Hall–Kier alpha value is -2.86. The van der Waals surface area contributed by atoms with E-state index in [-0.39, 0.29) is 23.0 Å². The number of nitrogens with one attached hydrogen (secondary N) is 1. The molecular formula is C19H18ClN5O3. The average Bonchev–Trinajstić information content (AvgIpc) is 2.89. The third-order valence-corrected chi connectivity index (χ3v) is 5.37. The normalized spacial score (nSPS) is 15.2. The molecule has 0 atom stereocenters. The van der Waals surface area contributed by atoms with E-state index in [1.54, 1.807) is 22.2 Å². The highest BCUT2D eigenvalue weighted by molar-refractivity contribution is 6.31. The fourth-order valence-electron chi connectivity index (χ4n) is 3.40. The molecule has 2 aromatic heterocycles. The summed E-state index contributed by atoms with van der Waals surface area (Å²) in [6.45, 7) is 1.17. The third-order valence-electron chi connectivity index (χ3n) is 5.09. The smallest absolute Gasteiger partial charge is 0.328 e. The van der Waals surface area contributed by atoms with Gasteiger partial charge in [-0.15, -0.1) is 0 Å². The van der Waals surface area contributed by atoms with Crippen LogP contribution >= 0.6 is 11.6 Å². The number of anilines is 2. The van der Waals surface area contributed by atoms with E-state index in [4.69, 9.17) is 16.3 Å². The molecule has 144 valence electrons. The van der Waals surface area contributed by atoms with E-state index >= 15 is 0 Å². The van der Waals surface area contributed by atoms with Crippen molar-refractivity contribution in [3.05, 3.63) is 51.7 Å². The molecule has 0 bridgehead atoms. The summed E-state index contributed by atoms with van der Waals surface area (Å²) >= 11 is 5.99. The van der Waals surface area contributed by atoms with Crippen LogP contribution in [-0.4, -0.2) is 39.0 Å². The van der Waals surface area contributed by atoms with Gasteiger partial charge in [0.25, 0.3) is 0 Å². The average molecular weight is 400 g/mol. The van der Waals surface area contributed by atoms with Crippen LogP contribution in [0.1, 0.15) is 5.56 Å². The lowest BCUT2D eigenvalue weighted by Gasteiger charge is -2.39. The maximum Gasteiger partial charge on any atom is 0.328 e. The molecule has 0 unspecified atom stereocenters. The second-order valence-corrected chi connectivity index (χ2v) is 7.40. The largest absolute Gasteiger partial charge is 0.396 e. The van der Waals surface area contributed by atoms with Crippen molar-refractivity contribution in [1.82, 2.24) is 14.1 Å². The molecule has 1 aromatic carbocycles. The van der Waals surface area contributed by atoms with E-state index in [9.17, 15) is 15.2 Å². The van der Waals surface area contributed by atoms with Crippen LogP contribution in [0.2, 0.25) is 5.15 Å². The summed E-state index contributed by atoms with van der Waals surface area (Å²) < 4.78 is 8.49. The van der Waals surface area contributed by atoms with Crippen LogP contribution in [0.5, 0.6) is 0 Å². The van der Waals surface area contributed by atoms with Gasteiger partial charge in [0.1, 0.15) is 16.8 Å². The minimum atomic E-state index is -0.436. The molecule has 0 aliphatic carbocycles. The second kappa shape index (κ2) is 6.95. The van der Waals surface area contributed by atoms with Crippen LogP contribution in [0, 0.1) is 16.7 Å². The summed E-state index contributed by atoms with van der Waals surface area (Å²) in [5.74, 6) is 0. The van der Waals surface area contributed by atoms with Crippen LogP contribution in [-0.2, 0) is 18.3 Å². The summed E-state index contributed by atoms with van der Waals surface area (Å²) in [5.41, 5.74) is 2.40. The number of ether oxygens (including phenoxy) is 1. The maximum absolute atomic E-state index is 12.8. The Kier molecular flexibility index (Phi) is 4.59. The van der Waals surface area contributed by atoms with Gasteiger partial charge < -0.3 is 15.2 Å². The topological polar surface area (TPSA) is 105 Å². The summed E-state index contributed by atoms with van der Waals surface area (Å²) in [7, 11) is 1.72. The van der Waals surface area contributed by atoms with Gasteiger partial charge >= 0.3 is 5.69 Å². The lowest BCUT2D eigenvalue weighted by molar-refractivity contribution is -0.144. The van der Waals surface area contributed by atoms with Crippen molar-refractivity contribution >= 4 is 34.0 Å². The summed E-state index contributed by atoms with van der Waals surface area (Å²) in [6, 6.07) is 9.22. The molecule has 0 spiro atoms. The number of benzene rings is 1. The van der Waals surface area contributed by atoms with Crippen LogP contribution in [0.15, 0.2) is 35.3 Å². The standard InChI is InChI=1S/C19H18ClN5O3/c1-24-15-3-2-12(23-14-4-5-22-17(20)13(14)7-21)6-16(15)25(18(24)27)8-19(9-26)10-28-11-19/h2-6,26H,8-11H2,1H3,(H,22,23). The van der Waals surface area contributed by atoms with E-state index in [0.29, 0.717) is 31.1 Å². The number of aliphatic hydroxyl groups excluding tert-OH is 1. The number of halogens is 1. The quantitative estimate of drug-likeness (QED) is 0.636.